The molecule has 1 aromatic heterocycles. The minimum absolute atomic E-state index is 0.0476. The Morgan fingerprint density at radius 2 is 1.81 bits per heavy atom. The summed E-state index contributed by atoms with van der Waals surface area (Å²) >= 11 is 0. The largest absolute Gasteiger partial charge is 0.417 e. The van der Waals surface area contributed by atoms with Gasteiger partial charge in [0.15, 0.2) is 5.75 Å². The summed E-state index contributed by atoms with van der Waals surface area (Å²) in [7, 11) is 1.60. The number of nitrogens with zero attached hydrogens (tertiary/aromatic N) is 1. The van der Waals surface area contributed by atoms with Crippen molar-refractivity contribution >= 4 is 6.09 Å². The normalized spacial score (nSPS) is 28.8. The number of nitrogens with one attached hydrogen (secondary N) is 1. The van der Waals surface area contributed by atoms with Gasteiger partial charge in [0.1, 0.15) is 0 Å². The molecule has 42 heavy (non-hydrogen) atoms. The van der Waals surface area contributed by atoms with E-state index in [0.717, 1.165) is 19.3 Å². The fourth-order valence-corrected chi connectivity index (χ4v) is 7.51. The molecule has 1 amide bonds. The number of fused-ring (bicyclic) bond motifs is 2. The molecule has 1 saturated heterocycles. The van der Waals surface area contributed by atoms with Crippen LogP contribution in [0.5, 0.6) is 5.75 Å². The Labute approximate surface area is 240 Å². The molecule has 2 bridgehead atoms. The molecule has 12 heteroatoms. The summed E-state index contributed by atoms with van der Waals surface area (Å²) < 4.78 is 102. The lowest BCUT2D eigenvalue weighted by Crippen LogP contribution is -2.50. The zero-order valence-corrected chi connectivity index (χ0v) is 24.2. The molecule has 5 rings (SSSR count). The Hall–Kier alpha value is -2.73. The molecule has 2 aliphatic carbocycles. The smallest absolute Gasteiger partial charge is 0.408 e. The predicted molar refractivity (Wildman–Crippen MR) is 142 cm³/mol. The van der Waals surface area contributed by atoms with Crippen molar-refractivity contribution in [1.82, 2.24) is 9.88 Å². The molecule has 1 aromatic carbocycles. The number of aromatic nitrogens is 1. The van der Waals surface area contributed by atoms with E-state index in [1.807, 2.05) is 0 Å². The third-order valence-electron chi connectivity index (χ3n) is 10.2. The van der Waals surface area contributed by atoms with Crippen LogP contribution in [-0.2, 0) is 28.4 Å². The molecule has 232 valence electrons. The van der Waals surface area contributed by atoms with Gasteiger partial charge in [0.05, 0.1) is 40.8 Å². The highest BCUT2D eigenvalue weighted by molar-refractivity contribution is 5.74. The van der Waals surface area contributed by atoms with Crippen molar-refractivity contribution in [3.63, 3.8) is 0 Å². The molecule has 1 N–H and O–H groups in total. The number of ether oxygens (including phenoxy) is 3. The molecule has 2 saturated carbocycles. The molecule has 3 aliphatic rings. The number of amides is 1. The first-order valence-electron chi connectivity index (χ1n) is 14.1. The number of benzene rings is 1. The van der Waals surface area contributed by atoms with Crippen LogP contribution in [0.1, 0.15) is 63.3 Å². The quantitative estimate of drug-likeness (QED) is 0.346. The monoisotopic (exact) mass is 602 g/mol. The number of methoxy groups -OCH3 is 1. The molecule has 0 radical (unpaired) electrons. The first kappa shape index (κ1) is 30.7. The van der Waals surface area contributed by atoms with Gasteiger partial charge in [-0.05, 0) is 62.1 Å². The molecule has 0 spiro atoms. The van der Waals surface area contributed by atoms with Crippen LogP contribution in [0.2, 0.25) is 0 Å². The third-order valence-corrected chi connectivity index (χ3v) is 10.2. The Morgan fingerprint density at radius 3 is 2.40 bits per heavy atom. The van der Waals surface area contributed by atoms with Crippen molar-refractivity contribution in [1.29, 1.82) is 0 Å². The van der Waals surface area contributed by atoms with Crippen molar-refractivity contribution in [2.24, 2.45) is 16.7 Å². The zero-order chi connectivity index (χ0) is 30.8. The molecule has 3 fully saturated rings. The van der Waals surface area contributed by atoms with Crippen molar-refractivity contribution < 1.29 is 45.3 Å². The number of hydrogen-bond acceptors (Lipinski definition) is 4. The lowest BCUT2D eigenvalue weighted by Gasteiger charge is -2.39. The van der Waals surface area contributed by atoms with Crippen molar-refractivity contribution in [3.8, 4) is 17.0 Å². The van der Waals surface area contributed by atoms with Gasteiger partial charge in [-0.15, -0.1) is 0 Å². The van der Waals surface area contributed by atoms with Gasteiger partial charge in [0.2, 0.25) is 0 Å². The highest BCUT2D eigenvalue weighted by Crippen LogP contribution is 2.66. The lowest BCUT2D eigenvalue weighted by atomic mass is 9.70. The Morgan fingerprint density at radius 1 is 1.10 bits per heavy atom. The highest BCUT2D eigenvalue weighted by atomic mass is 19.4. The van der Waals surface area contributed by atoms with Gasteiger partial charge in [0.25, 0.3) is 0 Å². The van der Waals surface area contributed by atoms with Crippen molar-refractivity contribution in [2.75, 3.05) is 13.7 Å². The van der Waals surface area contributed by atoms with Crippen LogP contribution in [0.3, 0.4) is 0 Å². The van der Waals surface area contributed by atoms with Gasteiger partial charge >= 0.3 is 18.4 Å². The third kappa shape index (κ3) is 5.08. The van der Waals surface area contributed by atoms with E-state index in [1.54, 1.807) is 14.0 Å². The van der Waals surface area contributed by atoms with E-state index in [1.165, 1.54) is 10.6 Å². The van der Waals surface area contributed by atoms with Crippen LogP contribution >= 0.6 is 0 Å². The summed E-state index contributed by atoms with van der Waals surface area (Å²) in [5.74, 6) is 0.0776. The maximum absolute atomic E-state index is 14.1. The maximum Gasteiger partial charge on any atom is 0.417 e. The summed E-state index contributed by atoms with van der Waals surface area (Å²) in [6.07, 6.45) is -7.98. The number of carbonyl (C=O) groups is 1. The van der Waals surface area contributed by atoms with Crippen LogP contribution in [-0.4, -0.2) is 42.6 Å². The van der Waals surface area contributed by atoms with E-state index < -0.39 is 35.1 Å². The van der Waals surface area contributed by atoms with Gasteiger partial charge < -0.3 is 24.1 Å². The van der Waals surface area contributed by atoms with E-state index in [2.05, 4.69) is 26.1 Å². The minimum atomic E-state index is -4.93. The molecule has 6 nitrogen and oxygen atoms in total. The Bertz CT molecular complexity index is 1340. The number of rotatable bonds is 6. The number of halogens is 6. The fraction of sp³-hybridized carbons (Fsp3) is 0.633. The first-order valence-corrected chi connectivity index (χ1v) is 14.1. The van der Waals surface area contributed by atoms with Gasteiger partial charge in [-0.25, -0.2) is 4.79 Å². The molecule has 2 heterocycles. The molecular weight excluding hydrogens is 566 g/mol. The van der Waals surface area contributed by atoms with Crippen LogP contribution < -0.4 is 10.1 Å². The molecule has 1 aliphatic heterocycles. The van der Waals surface area contributed by atoms with Gasteiger partial charge in [0, 0.05) is 37.3 Å². The van der Waals surface area contributed by atoms with Gasteiger partial charge in [-0.3, -0.25) is 0 Å². The zero-order valence-electron chi connectivity index (χ0n) is 24.2. The summed E-state index contributed by atoms with van der Waals surface area (Å²) in [5, 5.41) is 2.93. The van der Waals surface area contributed by atoms with Crippen molar-refractivity contribution in [2.45, 2.75) is 90.5 Å². The molecular formula is C30H36F6N2O4. The first-order chi connectivity index (χ1) is 19.5. The van der Waals surface area contributed by atoms with Crippen molar-refractivity contribution in [3.05, 3.63) is 41.1 Å². The topological polar surface area (TPSA) is 61.7 Å². The van der Waals surface area contributed by atoms with Crippen LogP contribution in [0.4, 0.5) is 31.1 Å². The van der Waals surface area contributed by atoms with E-state index in [9.17, 15) is 31.1 Å². The highest BCUT2D eigenvalue weighted by Gasteiger charge is 2.67. The predicted octanol–water partition coefficient (Wildman–Crippen LogP) is 7.61. The summed E-state index contributed by atoms with van der Waals surface area (Å²) in [4.78, 5) is 13.2. The van der Waals surface area contributed by atoms with Crippen LogP contribution in [0.25, 0.3) is 11.3 Å². The summed E-state index contributed by atoms with van der Waals surface area (Å²) in [5.41, 5.74) is -3.23. The standard InChI is InChI=1S/C30H36F6N2O4/c1-16-23(42-26(39)37-24-21-10-11-28(4,25(24)40-5)27(21,2)3)14-22(38(16)15-18-7-6-12-41-18)19-13-17(29(31,32)33)8-9-20(19)30(34,35)36/h8-9,13-14,18,21,24-25H,6-7,10-12,15H2,1-5H3,(H,37,39)/t18-,21?,24?,25?,28?/m1/s1. The lowest BCUT2D eigenvalue weighted by molar-refractivity contribution is -0.141. The average Bonchev–Trinajstić information content (AvgIpc) is 3.60. The SMILES string of the molecule is COC1C(NC(=O)Oc2cc(-c3cc(C(F)(F)F)ccc3C(F)(F)F)n(C[C@H]3CCCO3)c2C)C2CCC1(C)C2(C)C. The van der Waals surface area contributed by atoms with Gasteiger partial charge in [-0.2, -0.15) is 26.3 Å². The Balaban J connectivity index is 1.51. The van der Waals surface area contributed by atoms with E-state index >= 15 is 0 Å². The van der Waals surface area contributed by atoms with E-state index in [0.29, 0.717) is 36.9 Å². The summed E-state index contributed by atoms with van der Waals surface area (Å²) in [6.45, 7) is 8.56. The second-order valence-corrected chi connectivity index (χ2v) is 12.5. The van der Waals surface area contributed by atoms with E-state index in [-0.39, 0.29) is 53.0 Å². The number of alkyl halides is 6. The maximum atomic E-state index is 14.1. The second kappa shape index (κ2) is 10.5. The van der Waals surface area contributed by atoms with Crippen LogP contribution in [0, 0.1) is 23.7 Å². The Kier molecular flexibility index (Phi) is 7.65. The molecule has 2 aromatic rings. The second-order valence-electron chi connectivity index (χ2n) is 12.5. The number of hydrogen-bond donors (Lipinski definition) is 1. The van der Waals surface area contributed by atoms with E-state index in [4.69, 9.17) is 14.2 Å². The average molecular weight is 603 g/mol. The minimum Gasteiger partial charge on any atom is -0.408 e. The molecule has 4 unspecified atom stereocenters. The summed E-state index contributed by atoms with van der Waals surface area (Å²) in [6, 6.07) is 2.21. The van der Waals surface area contributed by atoms with Crippen LogP contribution in [0.15, 0.2) is 24.3 Å². The fourth-order valence-electron chi connectivity index (χ4n) is 7.51. The van der Waals surface area contributed by atoms with Gasteiger partial charge in [-0.1, -0.05) is 20.8 Å². The molecule has 5 atom stereocenters. The number of carbonyl (C=O) groups excluding carboxylic acids is 1.